The summed E-state index contributed by atoms with van der Waals surface area (Å²) in [6.07, 6.45) is 0. The highest BCUT2D eigenvalue weighted by Gasteiger charge is 2.25. The fraction of sp³-hybridized carbons (Fsp3) is 0.273. The van der Waals surface area contributed by atoms with Gasteiger partial charge in [-0.2, -0.15) is 0 Å². The molecule has 0 bridgehead atoms. The molecular formula is C11H12ClN5O4S2. The fourth-order valence-electron chi connectivity index (χ4n) is 2.03. The van der Waals surface area contributed by atoms with Crippen molar-refractivity contribution in [2.24, 2.45) is 5.14 Å². The second-order valence-corrected chi connectivity index (χ2v) is 7.93. The molecule has 0 amide bonds. The first-order valence-corrected chi connectivity index (χ1v) is 9.04. The lowest BCUT2D eigenvalue weighted by Crippen LogP contribution is -2.29. The number of hydrogen-bond acceptors (Lipinski definition) is 8. The quantitative estimate of drug-likeness (QED) is 0.594. The van der Waals surface area contributed by atoms with Crippen LogP contribution in [-0.2, 0) is 16.6 Å². The summed E-state index contributed by atoms with van der Waals surface area (Å²) < 4.78 is 29.5. The molecule has 12 heteroatoms. The molecule has 0 spiro atoms. The molecule has 0 fully saturated rings. The molecule has 3 rings (SSSR count). The van der Waals surface area contributed by atoms with Crippen LogP contribution >= 0.6 is 23.5 Å². The Kier molecular flexibility index (Phi) is 4.14. The van der Waals surface area contributed by atoms with E-state index in [0.29, 0.717) is 40.1 Å². The molecule has 0 radical (unpaired) electrons. The molecule has 3 N–H and O–H groups in total. The number of nitrogens with one attached hydrogen (secondary N) is 1. The van der Waals surface area contributed by atoms with Gasteiger partial charge in [0.2, 0.25) is 15.7 Å². The van der Waals surface area contributed by atoms with Crippen molar-refractivity contribution in [2.75, 3.05) is 12.0 Å². The van der Waals surface area contributed by atoms with E-state index in [-0.39, 0.29) is 9.92 Å². The van der Waals surface area contributed by atoms with Gasteiger partial charge in [-0.05, 0) is 29.0 Å². The van der Waals surface area contributed by atoms with Crippen LogP contribution < -0.4 is 15.4 Å². The van der Waals surface area contributed by atoms with E-state index < -0.39 is 10.0 Å². The number of anilines is 1. The average Bonchev–Trinajstić information content (AvgIpc) is 2.78. The normalized spacial score (nSPS) is 15.3. The molecule has 0 saturated heterocycles. The van der Waals surface area contributed by atoms with Gasteiger partial charge in [-0.3, -0.25) is 4.63 Å². The molecule has 2 aromatic rings. The smallest absolute Gasteiger partial charge is 0.239 e. The van der Waals surface area contributed by atoms with Crippen LogP contribution in [0.5, 0.6) is 0 Å². The summed E-state index contributed by atoms with van der Waals surface area (Å²) in [5, 5.41) is 23.3. The third-order valence-corrected chi connectivity index (χ3v) is 5.68. The molecule has 2 heterocycles. The molecule has 0 aliphatic carbocycles. The van der Waals surface area contributed by atoms with Crippen LogP contribution in [0.25, 0.3) is 0 Å². The van der Waals surface area contributed by atoms with E-state index in [2.05, 4.69) is 15.1 Å². The lowest BCUT2D eigenvalue weighted by molar-refractivity contribution is -0.806. The molecule has 1 aliphatic rings. The number of halogens is 1. The van der Waals surface area contributed by atoms with E-state index >= 15 is 0 Å². The van der Waals surface area contributed by atoms with E-state index in [1.807, 2.05) is 4.31 Å². The lowest BCUT2D eigenvalue weighted by atomic mass is 10.3. The second-order valence-electron chi connectivity index (χ2n) is 4.85. The first-order chi connectivity index (χ1) is 10.8. The summed E-state index contributed by atoms with van der Waals surface area (Å²) in [5.74, 6) is 0. The van der Waals surface area contributed by atoms with Crippen molar-refractivity contribution in [2.45, 2.75) is 23.3 Å². The Balaban J connectivity index is 1.86. The van der Waals surface area contributed by atoms with Crippen LogP contribution in [0.4, 0.5) is 5.69 Å². The Morgan fingerprint density at radius 2 is 2.35 bits per heavy atom. The van der Waals surface area contributed by atoms with Crippen LogP contribution in [0, 0.1) is 12.1 Å². The van der Waals surface area contributed by atoms with Crippen molar-refractivity contribution < 1.29 is 17.9 Å². The van der Waals surface area contributed by atoms with E-state index in [4.69, 9.17) is 16.7 Å². The maximum absolute atomic E-state index is 11.5. The molecule has 1 aliphatic heterocycles. The highest BCUT2D eigenvalue weighted by atomic mass is 35.5. The molecular weight excluding hydrogens is 366 g/mol. The number of rotatable bonds is 3. The summed E-state index contributed by atoms with van der Waals surface area (Å²) in [6, 6.07) is 2.94. The summed E-state index contributed by atoms with van der Waals surface area (Å²) in [4.78, 5) is 0.856. The lowest BCUT2D eigenvalue weighted by Gasteiger charge is -2.27. The Morgan fingerprint density at radius 3 is 2.96 bits per heavy atom. The van der Waals surface area contributed by atoms with Gasteiger partial charge < -0.3 is 10.5 Å². The van der Waals surface area contributed by atoms with Crippen molar-refractivity contribution >= 4 is 39.3 Å². The van der Waals surface area contributed by atoms with E-state index in [9.17, 15) is 13.6 Å². The molecule has 1 aromatic carbocycles. The maximum atomic E-state index is 11.5. The molecule has 0 atom stereocenters. The zero-order valence-corrected chi connectivity index (χ0v) is 14.2. The largest absolute Gasteiger partial charge is 0.370 e. The van der Waals surface area contributed by atoms with Crippen LogP contribution in [0.2, 0.25) is 5.02 Å². The predicted octanol–water partition coefficient (Wildman–Crippen LogP) is 0.810. The minimum atomic E-state index is -3.91. The van der Waals surface area contributed by atoms with Gasteiger partial charge in [0.15, 0.2) is 5.69 Å². The summed E-state index contributed by atoms with van der Waals surface area (Å²) in [6.45, 7) is 2.40. The first kappa shape index (κ1) is 16.3. The predicted molar refractivity (Wildman–Crippen MR) is 82.9 cm³/mol. The number of sulfonamides is 1. The van der Waals surface area contributed by atoms with Crippen molar-refractivity contribution in [3.8, 4) is 0 Å². The highest BCUT2D eigenvalue weighted by Crippen LogP contribution is 2.39. The molecule has 0 unspecified atom stereocenters. The number of nitrogens with two attached hydrogens (primary N) is 1. The van der Waals surface area contributed by atoms with E-state index in [1.54, 1.807) is 6.92 Å². The van der Waals surface area contributed by atoms with Crippen molar-refractivity contribution in [3.63, 3.8) is 0 Å². The Bertz CT molecular complexity index is 870. The monoisotopic (exact) mass is 377 g/mol. The molecule has 124 valence electrons. The van der Waals surface area contributed by atoms with Crippen molar-refractivity contribution in [1.29, 1.82) is 0 Å². The molecule has 23 heavy (non-hydrogen) atoms. The Hall–Kier alpha value is -1.53. The minimum absolute atomic E-state index is 0.0625. The zero-order chi connectivity index (χ0) is 16.8. The number of benzene rings is 1. The SMILES string of the molecule is Cc1c(CN2CNc3cc(Cl)c(S(N)(=O)=O)cc3S2)no[n+]1[O-]. The van der Waals surface area contributed by atoms with Gasteiger partial charge in [-0.1, -0.05) is 11.6 Å². The zero-order valence-electron chi connectivity index (χ0n) is 11.8. The molecule has 9 nitrogen and oxygen atoms in total. The second kappa shape index (κ2) is 5.83. The van der Waals surface area contributed by atoms with Gasteiger partial charge in [-0.25, -0.2) is 17.9 Å². The summed E-state index contributed by atoms with van der Waals surface area (Å²) in [5.41, 5.74) is 1.58. The van der Waals surface area contributed by atoms with Crippen LogP contribution in [0.1, 0.15) is 11.4 Å². The van der Waals surface area contributed by atoms with Gasteiger partial charge in [0.25, 0.3) is 0 Å². The fourth-order valence-corrected chi connectivity index (χ4v) is 4.20. The van der Waals surface area contributed by atoms with Crippen molar-refractivity contribution in [3.05, 3.63) is 33.8 Å². The van der Waals surface area contributed by atoms with Gasteiger partial charge in [-0.15, -0.1) is 0 Å². The standard InChI is InChI=1S/C11H12ClN5O4S2/c1-6-9(15-21-17(6)18)4-16-5-14-8-2-7(12)11(23(13,19)20)3-10(8)22-16/h2-3,14H,4-5H2,1H3,(H2,13,19,20). The number of primary sulfonamides is 1. The average molecular weight is 378 g/mol. The van der Waals surface area contributed by atoms with Crippen molar-refractivity contribution in [1.82, 2.24) is 9.46 Å². The minimum Gasteiger partial charge on any atom is -0.370 e. The topological polar surface area (TPSA) is 128 Å². The number of aromatic nitrogens is 2. The van der Waals surface area contributed by atoms with E-state index in [0.717, 1.165) is 0 Å². The first-order valence-electron chi connectivity index (χ1n) is 6.34. The summed E-state index contributed by atoms with van der Waals surface area (Å²) in [7, 11) is -3.91. The third-order valence-electron chi connectivity index (χ3n) is 3.26. The molecule has 0 saturated carbocycles. The summed E-state index contributed by atoms with van der Waals surface area (Å²) >= 11 is 7.26. The Labute approximate surface area is 141 Å². The Morgan fingerprint density at radius 1 is 1.61 bits per heavy atom. The third kappa shape index (κ3) is 3.23. The number of hydrogen-bond donors (Lipinski definition) is 2. The van der Waals surface area contributed by atoms with Crippen LogP contribution in [0.15, 0.2) is 26.6 Å². The number of fused-ring (bicyclic) bond motifs is 1. The van der Waals surface area contributed by atoms with Gasteiger partial charge in [0, 0.05) is 17.0 Å². The van der Waals surface area contributed by atoms with Gasteiger partial charge in [0.1, 0.15) is 4.90 Å². The molecule has 1 aromatic heterocycles. The van der Waals surface area contributed by atoms with Gasteiger partial charge >= 0.3 is 0 Å². The van der Waals surface area contributed by atoms with E-state index in [1.165, 1.54) is 24.1 Å². The maximum Gasteiger partial charge on any atom is 0.239 e. The number of nitrogens with zero attached hydrogens (tertiary/aromatic N) is 3. The van der Waals surface area contributed by atoms with Crippen LogP contribution in [0.3, 0.4) is 0 Å². The van der Waals surface area contributed by atoms with Crippen LogP contribution in [-0.4, -0.2) is 24.5 Å². The van der Waals surface area contributed by atoms with Gasteiger partial charge in [0.05, 0.1) is 23.9 Å². The highest BCUT2D eigenvalue weighted by molar-refractivity contribution is 7.97.